The van der Waals surface area contributed by atoms with Crippen LogP contribution in [0.4, 0.5) is 13.2 Å². The van der Waals surface area contributed by atoms with Crippen molar-refractivity contribution in [2.45, 2.75) is 18.3 Å². The summed E-state index contributed by atoms with van der Waals surface area (Å²) < 4.78 is 46.1. The minimum atomic E-state index is -4.42. The van der Waals surface area contributed by atoms with Gasteiger partial charge in [-0.05, 0) is 24.7 Å². The Labute approximate surface area is 154 Å². The fourth-order valence-electron chi connectivity index (χ4n) is 3.17. The number of carbonyl (C=O) groups is 1. The van der Waals surface area contributed by atoms with Crippen LogP contribution in [0.1, 0.15) is 28.8 Å². The van der Waals surface area contributed by atoms with Gasteiger partial charge in [0.2, 0.25) is 5.91 Å². The van der Waals surface area contributed by atoms with Crippen LogP contribution in [0.25, 0.3) is 0 Å². The SMILES string of the molecule is CNC(C(=O)N1CCOC(c2cccc(C(F)(F)F)c2)C1)c1cnn(C)c1. The van der Waals surface area contributed by atoms with Crippen molar-refractivity contribution in [1.29, 1.82) is 0 Å². The van der Waals surface area contributed by atoms with Gasteiger partial charge in [-0.15, -0.1) is 0 Å². The molecule has 1 aliphatic rings. The molecule has 0 spiro atoms. The summed E-state index contributed by atoms with van der Waals surface area (Å²) in [6.07, 6.45) is -1.65. The second-order valence-electron chi connectivity index (χ2n) is 6.44. The zero-order valence-electron chi connectivity index (χ0n) is 15.0. The third kappa shape index (κ3) is 4.30. The first-order chi connectivity index (χ1) is 12.8. The van der Waals surface area contributed by atoms with Gasteiger partial charge in [0, 0.05) is 25.4 Å². The molecular weight excluding hydrogens is 361 g/mol. The number of benzene rings is 1. The van der Waals surface area contributed by atoms with E-state index in [0.29, 0.717) is 12.1 Å². The summed E-state index contributed by atoms with van der Waals surface area (Å²) in [5.41, 5.74) is 0.410. The van der Waals surface area contributed by atoms with Crippen molar-refractivity contribution in [1.82, 2.24) is 20.0 Å². The molecule has 146 valence electrons. The Morgan fingerprint density at radius 3 is 2.81 bits per heavy atom. The van der Waals surface area contributed by atoms with Crippen molar-refractivity contribution in [3.63, 3.8) is 0 Å². The first-order valence-corrected chi connectivity index (χ1v) is 8.53. The number of alkyl halides is 3. The number of aryl methyl sites for hydroxylation is 1. The fraction of sp³-hybridized carbons (Fsp3) is 0.444. The highest BCUT2D eigenvalue weighted by Gasteiger charge is 2.33. The third-order valence-electron chi connectivity index (χ3n) is 4.56. The summed E-state index contributed by atoms with van der Waals surface area (Å²) in [5, 5.41) is 7.06. The zero-order chi connectivity index (χ0) is 19.6. The second-order valence-corrected chi connectivity index (χ2v) is 6.44. The first kappa shape index (κ1) is 19.4. The van der Waals surface area contributed by atoms with Gasteiger partial charge < -0.3 is 15.0 Å². The Morgan fingerprint density at radius 1 is 1.41 bits per heavy atom. The number of nitrogens with one attached hydrogen (secondary N) is 1. The van der Waals surface area contributed by atoms with Gasteiger partial charge in [-0.1, -0.05) is 12.1 Å². The molecule has 1 aromatic heterocycles. The zero-order valence-corrected chi connectivity index (χ0v) is 15.0. The molecule has 1 aliphatic heterocycles. The summed E-state index contributed by atoms with van der Waals surface area (Å²) in [7, 11) is 3.44. The van der Waals surface area contributed by atoms with E-state index in [4.69, 9.17) is 4.74 Å². The van der Waals surface area contributed by atoms with Gasteiger partial charge in [0.1, 0.15) is 12.1 Å². The molecule has 0 bridgehead atoms. The van der Waals surface area contributed by atoms with E-state index in [2.05, 4.69) is 10.4 Å². The number of rotatable bonds is 4. The smallest absolute Gasteiger partial charge is 0.370 e. The number of ether oxygens (including phenoxy) is 1. The molecule has 1 saturated heterocycles. The predicted molar refractivity (Wildman–Crippen MR) is 91.7 cm³/mol. The summed E-state index contributed by atoms with van der Waals surface area (Å²) >= 11 is 0. The van der Waals surface area contributed by atoms with Crippen molar-refractivity contribution < 1.29 is 22.7 Å². The number of amides is 1. The van der Waals surface area contributed by atoms with E-state index in [1.54, 1.807) is 42.1 Å². The number of aromatic nitrogens is 2. The Kier molecular flexibility index (Phi) is 5.52. The van der Waals surface area contributed by atoms with E-state index < -0.39 is 23.9 Å². The Hall–Kier alpha value is -2.39. The molecule has 0 aliphatic carbocycles. The third-order valence-corrected chi connectivity index (χ3v) is 4.56. The van der Waals surface area contributed by atoms with E-state index >= 15 is 0 Å². The van der Waals surface area contributed by atoms with Gasteiger partial charge in [-0.3, -0.25) is 9.48 Å². The van der Waals surface area contributed by atoms with Crippen LogP contribution >= 0.6 is 0 Å². The van der Waals surface area contributed by atoms with Crippen LogP contribution in [0.5, 0.6) is 0 Å². The molecule has 0 saturated carbocycles. The molecule has 1 aromatic carbocycles. The maximum absolute atomic E-state index is 13.0. The topological polar surface area (TPSA) is 59.4 Å². The monoisotopic (exact) mass is 382 g/mol. The largest absolute Gasteiger partial charge is 0.416 e. The highest BCUT2D eigenvalue weighted by atomic mass is 19.4. The minimum absolute atomic E-state index is 0.161. The standard InChI is InChI=1S/C18H21F3N4O2/c1-22-16(13-9-23-24(2)10-13)17(26)25-6-7-27-15(11-25)12-4-3-5-14(8-12)18(19,20)21/h3-5,8-10,15-16,22H,6-7,11H2,1-2H3. The second kappa shape index (κ2) is 7.69. The van der Waals surface area contributed by atoms with Crippen molar-refractivity contribution in [3.05, 3.63) is 53.3 Å². The number of halogens is 3. The van der Waals surface area contributed by atoms with Gasteiger partial charge in [0.25, 0.3) is 0 Å². The van der Waals surface area contributed by atoms with Gasteiger partial charge in [-0.25, -0.2) is 0 Å². The molecule has 2 aromatic rings. The maximum atomic E-state index is 13.0. The maximum Gasteiger partial charge on any atom is 0.416 e. The number of hydrogen-bond acceptors (Lipinski definition) is 4. The van der Waals surface area contributed by atoms with Crippen LogP contribution in [0.15, 0.2) is 36.7 Å². The predicted octanol–water partition coefficient (Wildman–Crippen LogP) is 2.30. The lowest BCUT2D eigenvalue weighted by atomic mass is 10.0. The van der Waals surface area contributed by atoms with Crippen LogP contribution in [-0.4, -0.2) is 47.3 Å². The Balaban J connectivity index is 1.76. The number of morpholine rings is 1. The molecule has 2 heterocycles. The molecule has 27 heavy (non-hydrogen) atoms. The highest BCUT2D eigenvalue weighted by molar-refractivity contribution is 5.83. The summed E-state index contributed by atoms with van der Waals surface area (Å²) in [6, 6.07) is 4.47. The lowest BCUT2D eigenvalue weighted by molar-refractivity contribution is -0.142. The summed E-state index contributed by atoms with van der Waals surface area (Å²) in [6.45, 7) is 0.835. The van der Waals surface area contributed by atoms with Gasteiger partial charge in [0.05, 0.1) is 24.9 Å². The number of hydrogen-bond donors (Lipinski definition) is 1. The van der Waals surface area contributed by atoms with E-state index in [1.807, 2.05) is 0 Å². The van der Waals surface area contributed by atoms with E-state index in [0.717, 1.165) is 17.7 Å². The summed E-state index contributed by atoms with van der Waals surface area (Å²) in [5.74, 6) is -0.161. The average Bonchev–Trinajstić information content (AvgIpc) is 3.08. The van der Waals surface area contributed by atoms with Crippen LogP contribution in [0, 0.1) is 0 Å². The first-order valence-electron chi connectivity index (χ1n) is 8.53. The highest BCUT2D eigenvalue weighted by Crippen LogP contribution is 2.32. The Bertz CT molecular complexity index is 806. The molecule has 2 atom stereocenters. The molecular formula is C18H21F3N4O2. The molecule has 1 amide bonds. The normalized spacial score (nSPS) is 19.1. The van der Waals surface area contributed by atoms with Crippen molar-refractivity contribution >= 4 is 5.91 Å². The van der Waals surface area contributed by atoms with E-state index in [9.17, 15) is 18.0 Å². The number of nitrogens with zero attached hydrogens (tertiary/aromatic N) is 3. The van der Waals surface area contributed by atoms with E-state index in [1.165, 1.54) is 6.07 Å². The van der Waals surface area contributed by atoms with Crippen LogP contribution in [0.3, 0.4) is 0 Å². The lowest BCUT2D eigenvalue weighted by Gasteiger charge is -2.35. The van der Waals surface area contributed by atoms with Crippen LogP contribution in [0.2, 0.25) is 0 Å². The number of likely N-dealkylation sites (N-methyl/N-ethyl adjacent to an activating group) is 1. The quantitative estimate of drug-likeness (QED) is 0.882. The minimum Gasteiger partial charge on any atom is -0.370 e. The molecule has 2 unspecified atom stereocenters. The molecule has 6 nitrogen and oxygen atoms in total. The molecule has 3 rings (SSSR count). The molecule has 9 heteroatoms. The van der Waals surface area contributed by atoms with Crippen LogP contribution < -0.4 is 5.32 Å². The average molecular weight is 382 g/mol. The van der Waals surface area contributed by atoms with Crippen molar-refractivity contribution in [3.8, 4) is 0 Å². The fourth-order valence-corrected chi connectivity index (χ4v) is 3.17. The van der Waals surface area contributed by atoms with Gasteiger partial charge >= 0.3 is 6.18 Å². The van der Waals surface area contributed by atoms with E-state index in [-0.39, 0.29) is 19.1 Å². The Morgan fingerprint density at radius 2 is 2.19 bits per heavy atom. The molecule has 1 N–H and O–H groups in total. The van der Waals surface area contributed by atoms with Crippen LogP contribution in [-0.2, 0) is 22.8 Å². The van der Waals surface area contributed by atoms with Crippen molar-refractivity contribution in [2.75, 3.05) is 26.7 Å². The molecule has 0 radical (unpaired) electrons. The number of carbonyl (C=O) groups excluding carboxylic acids is 1. The van der Waals surface area contributed by atoms with Gasteiger partial charge in [-0.2, -0.15) is 18.3 Å². The summed E-state index contributed by atoms with van der Waals surface area (Å²) in [4.78, 5) is 14.5. The lowest BCUT2D eigenvalue weighted by Crippen LogP contribution is -2.46. The van der Waals surface area contributed by atoms with Crippen molar-refractivity contribution in [2.24, 2.45) is 7.05 Å². The molecule has 1 fully saturated rings. The van der Waals surface area contributed by atoms with Gasteiger partial charge in [0.15, 0.2) is 0 Å².